The summed E-state index contributed by atoms with van der Waals surface area (Å²) in [7, 11) is 0. The van der Waals surface area contributed by atoms with Crippen LogP contribution in [0.1, 0.15) is 11.9 Å². The van der Waals surface area contributed by atoms with E-state index in [2.05, 4.69) is 15.5 Å². The van der Waals surface area contributed by atoms with E-state index < -0.39 is 0 Å². The van der Waals surface area contributed by atoms with Crippen LogP contribution in [0, 0.1) is 0 Å². The number of benzene rings is 1. The van der Waals surface area contributed by atoms with Crippen molar-refractivity contribution in [3.63, 3.8) is 0 Å². The first kappa shape index (κ1) is 12.8. The third-order valence-electron chi connectivity index (χ3n) is 2.99. The van der Waals surface area contributed by atoms with Gasteiger partial charge in [-0.3, -0.25) is 4.79 Å². The standard InChI is InChI=1S/C14H14N4OS/c1-2-15-14-17-16-12(20-14)9-18-11-6-4-3-5-10(11)7-8-13(18)19/h3-8H,2,9H2,1H3,(H,15,17). The summed E-state index contributed by atoms with van der Waals surface area (Å²) in [5.41, 5.74) is 0.893. The molecule has 0 atom stereocenters. The molecule has 0 saturated carbocycles. The van der Waals surface area contributed by atoms with Gasteiger partial charge in [-0.05, 0) is 24.4 Å². The summed E-state index contributed by atoms with van der Waals surface area (Å²) in [4.78, 5) is 12.1. The van der Waals surface area contributed by atoms with Crippen LogP contribution in [0.5, 0.6) is 0 Å². The van der Waals surface area contributed by atoms with Crippen LogP contribution >= 0.6 is 11.3 Å². The second-order valence-electron chi connectivity index (χ2n) is 4.35. The van der Waals surface area contributed by atoms with E-state index in [4.69, 9.17) is 0 Å². The number of fused-ring (bicyclic) bond motifs is 1. The molecule has 102 valence electrons. The van der Waals surface area contributed by atoms with Crippen molar-refractivity contribution >= 4 is 27.4 Å². The molecule has 0 bridgehead atoms. The van der Waals surface area contributed by atoms with Gasteiger partial charge in [-0.15, -0.1) is 10.2 Å². The first-order valence-electron chi connectivity index (χ1n) is 6.43. The molecule has 3 rings (SSSR count). The first-order chi connectivity index (χ1) is 9.78. The van der Waals surface area contributed by atoms with Crippen molar-refractivity contribution in [1.82, 2.24) is 14.8 Å². The van der Waals surface area contributed by atoms with Crippen molar-refractivity contribution in [3.05, 3.63) is 51.8 Å². The molecule has 3 aromatic rings. The zero-order chi connectivity index (χ0) is 13.9. The highest BCUT2D eigenvalue weighted by atomic mass is 32.1. The van der Waals surface area contributed by atoms with Gasteiger partial charge in [0.05, 0.1) is 12.1 Å². The molecule has 0 spiro atoms. The van der Waals surface area contributed by atoms with Crippen molar-refractivity contribution in [2.75, 3.05) is 11.9 Å². The number of para-hydroxylation sites is 1. The van der Waals surface area contributed by atoms with Gasteiger partial charge in [-0.1, -0.05) is 29.5 Å². The molecule has 0 radical (unpaired) electrons. The van der Waals surface area contributed by atoms with Gasteiger partial charge in [-0.25, -0.2) is 0 Å². The Kier molecular flexibility index (Phi) is 3.47. The first-order valence-corrected chi connectivity index (χ1v) is 7.24. The summed E-state index contributed by atoms with van der Waals surface area (Å²) in [5.74, 6) is 0. The van der Waals surface area contributed by atoms with Crippen LogP contribution in [0.15, 0.2) is 41.2 Å². The monoisotopic (exact) mass is 286 g/mol. The van der Waals surface area contributed by atoms with Crippen LogP contribution in [-0.4, -0.2) is 21.3 Å². The van der Waals surface area contributed by atoms with Gasteiger partial charge < -0.3 is 9.88 Å². The fraction of sp³-hybridized carbons (Fsp3) is 0.214. The van der Waals surface area contributed by atoms with Crippen molar-refractivity contribution in [2.24, 2.45) is 0 Å². The Bertz CT molecular complexity index is 793. The fourth-order valence-electron chi connectivity index (χ4n) is 2.08. The second-order valence-corrected chi connectivity index (χ2v) is 5.41. The molecule has 0 aliphatic rings. The minimum Gasteiger partial charge on any atom is -0.360 e. The van der Waals surface area contributed by atoms with E-state index in [1.165, 1.54) is 11.3 Å². The third-order valence-corrected chi connectivity index (χ3v) is 3.85. The Morgan fingerprint density at radius 2 is 2.05 bits per heavy atom. The van der Waals surface area contributed by atoms with E-state index in [9.17, 15) is 4.79 Å². The van der Waals surface area contributed by atoms with Gasteiger partial charge in [0, 0.05) is 12.6 Å². The lowest BCUT2D eigenvalue weighted by Crippen LogP contribution is -2.19. The average molecular weight is 286 g/mol. The Morgan fingerprint density at radius 3 is 2.90 bits per heavy atom. The summed E-state index contributed by atoms with van der Waals surface area (Å²) in [6.07, 6.45) is 0. The van der Waals surface area contributed by atoms with E-state index in [-0.39, 0.29) is 5.56 Å². The Morgan fingerprint density at radius 1 is 1.20 bits per heavy atom. The van der Waals surface area contributed by atoms with Gasteiger partial charge in [0.15, 0.2) is 0 Å². The highest BCUT2D eigenvalue weighted by Crippen LogP contribution is 2.17. The molecule has 0 amide bonds. The van der Waals surface area contributed by atoms with Gasteiger partial charge >= 0.3 is 0 Å². The molecule has 0 fully saturated rings. The van der Waals surface area contributed by atoms with E-state index in [0.717, 1.165) is 27.6 Å². The highest BCUT2D eigenvalue weighted by molar-refractivity contribution is 7.15. The molecule has 1 N–H and O–H groups in total. The summed E-state index contributed by atoms with van der Waals surface area (Å²) < 4.78 is 1.73. The topological polar surface area (TPSA) is 59.8 Å². The number of nitrogens with zero attached hydrogens (tertiary/aromatic N) is 3. The fourth-order valence-corrected chi connectivity index (χ4v) is 2.88. The van der Waals surface area contributed by atoms with E-state index >= 15 is 0 Å². The Hall–Kier alpha value is -2.21. The highest BCUT2D eigenvalue weighted by Gasteiger charge is 2.07. The maximum atomic E-state index is 12.1. The second kappa shape index (κ2) is 5.42. The Balaban J connectivity index is 2.01. The molecule has 0 saturated heterocycles. The van der Waals surface area contributed by atoms with E-state index in [1.807, 2.05) is 37.3 Å². The number of anilines is 1. The summed E-state index contributed by atoms with van der Waals surface area (Å²) in [6.45, 7) is 3.27. The lowest BCUT2D eigenvalue weighted by Gasteiger charge is -2.07. The molecule has 20 heavy (non-hydrogen) atoms. The van der Waals surface area contributed by atoms with Crippen LogP contribution in [0.25, 0.3) is 10.9 Å². The third kappa shape index (κ3) is 2.42. The quantitative estimate of drug-likeness (QED) is 0.799. The van der Waals surface area contributed by atoms with Crippen LogP contribution in [0.4, 0.5) is 5.13 Å². The molecule has 1 aromatic carbocycles. The van der Waals surface area contributed by atoms with E-state index in [1.54, 1.807) is 10.6 Å². The predicted molar refractivity (Wildman–Crippen MR) is 81.4 cm³/mol. The molecule has 0 aliphatic carbocycles. The number of hydrogen-bond acceptors (Lipinski definition) is 5. The molecule has 0 aliphatic heterocycles. The van der Waals surface area contributed by atoms with Gasteiger partial charge in [-0.2, -0.15) is 0 Å². The number of hydrogen-bond donors (Lipinski definition) is 1. The number of nitrogens with one attached hydrogen (secondary N) is 1. The molecule has 2 aromatic heterocycles. The van der Waals surface area contributed by atoms with Crippen LogP contribution < -0.4 is 10.9 Å². The van der Waals surface area contributed by atoms with Crippen molar-refractivity contribution < 1.29 is 0 Å². The number of rotatable bonds is 4. The minimum atomic E-state index is -0.0242. The normalized spacial score (nSPS) is 10.8. The average Bonchev–Trinajstić information content (AvgIpc) is 2.90. The SMILES string of the molecule is CCNc1nnc(Cn2c(=O)ccc3ccccc32)s1. The summed E-state index contributed by atoms with van der Waals surface area (Å²) in [6, 6.07) is 11.3. The van der Waals surface area contributed by atoms with Crippen molar-refractivity contribution in [2.45, 2.75) is 13.5 Å². The smallest absolute Gasteiger partial charge is 0.251 e. The zero-order valence-corrected chi connectivity index (χ0v) is 11.9. The van der Waals surface area contributed by atoms with Gasteiger partial charge in [0.1, 0.15) is 5.01 Å². The van der Waals surface area contributed by atoms with Gasteiger partial charge in [0.2, 0.25) is 5.13 Å². The largest absolute Gasteiger partial charge is 0.360 e. The summed E-state index contributed by atoms with van der Waals surface area (Å²) >= 11 is 1.48. The van der Waals surface area contributed by atoms with Crippen molar-refractivity contribution in [3.8, 4) is 0 Å². The van der Waals surface area contributed by atoms with Crippen LogP contribution in [0.3, 0.4) is 0 Å². The molecular weight excluding hydrogens is 272 g/mol. The molecule has 0 unspecified atom stereocenters. The maximum absolute atomic E-state index is 12.1. The molecular formula is C14H14N4OS. The molecule has 6 heteroatoms. The van der Waals surface area contributed by atoms with Crippen LogP contribution in [0.2, 0.25) is 0 Å². The molecule has 2 heterocycles. The summed E-state index contributed by atoms with van der Waals surface area (Å²) in [5, 5.41) is 14.0. The number of aromatic nitrogens is 3. The molecule has 5 nitrogen and oxygen atoms in total. The van der Waals surface area contributed by atoms with E-state index in [0.29, 0.717) is 6.54 Å². The minimum absolute atomic E-state index is 0.0242. The van der Waals surface area contributed by atoms with Crippen LogP contribution in [-0.2, 0) is 6.54 Å². The maximum Gasteiger partial charge on any atom is 0.251 e. The van der Waals surface area contributed by atoms with Gasteiger partial charge in [0.25, 0.3) is 5.56 Å². The predicted octanol–water partition coefficient (Wildman–Crippen LogP) is 2.33. The lowest BCUT2D eigenvalue weighted by atomic mass is 10.2. The van der Waals surface area contributed by atoms with Crippen molar-refractivity contribution in [1.29, 1.82) is 0 Å². The lowest BCUT2D eigenvalue weighted by molar-refractivity contribution is 0.775. The Labute approximate surface area is 119 Å². The number of pyridine rings is 1. The zero-order valence-electron chi connectivity index (χ0n) is 11.0.